The van der Waals surface area contributed by atoms with Crippen LogP contribution in [0.1, 0.15) is 48.0 Å². The summed E-state index contributed by atoms with van der Waals surface area (Å²) in [4.78, 5) is 28.0. The van der Waals surface area contributed by atoms with E-state index in [4.69, 9.17) is 4.65 Å². The Bertz CT molecular complexity index is 749. The zero-order valence-corrected chi connectivity index (χ0v) is 17.5. The average molecular weight is 402 g/mol. The van der Waals surface area contributed by atoms with Crippen molar-refractivity contribution in [2.24, 2.45) is 11.8 Å². The molecule has 1 amide bonds. The number of para-hydroxylation sites is 1. The van der Waals surface area contributed by atoms with Crippen LogP contribution in [0.5, 0.6) is 5.75 Å². The second kappa shape index (κ2) is 9.18. The van der Waals surface area contributed by atoms with Crippen LogP contribution in [0.4, 0.5) is 0 Å². The van der Waals surface area contributed by atoms with Gasteiger partial charge in [-0.2, -0.15) is 0 Å². The summed E-state index contributed by atoms with van der Waals surface area (Å²) in [6.07, 6.45) is 5.28. The Hall–Kier alpha value is -2.06. The maximum atomic E-state index is 12.9. The highest BCUT2D eigenvalue weighted by atomic mass is 16.5. The van der Waals surface area contributed by atoms with Crippen LogP contribution >= 0.6 is 0 Å². The van der Waals surface area contributed by atoms with Gasteiger partial charge in [-0.3, -0.25) is 4.79 Å². The summed E-state index contributed by atoms with van der Waals surface area (Å²) < 4.78 is 5.53. The molecule has 1 aliphatic carbocycles. The molecule has 1 aliphatic heterocycles. The number of likely N-dealkylation sites (N-methyl/N-ethyl adjacent to an activating group) is 1. The minimum atomic E-state index is -1.24. The van der Waals surface area contributed by atoms with E-state index in [1.54, 1.807) is 24.1 Å². The molecule has 0 unspecified atom stereocenters. The fraction of sp³-hybridized carbons (Fsp3) is 0.619. The molecule has 1 aromatic carbocycles. The standard InChI is InChI=1S/C21H31BN2O5/c1-23(2)13-15-9-7-14(8-10-15)11-19(25)24(3)18-12-16-5-4-6-17(21(26)27)20(16)29-22(18)28/h4-6,14-15,18,28H,7-13H2,1-3H3,(H,26,27)/t14?,15?,18-/m0/s1. The van der Waals surface area contributed by atoms with Crippen LogP contribution < -0.4 is 4.65 Å². The monoisotopic (exact) mass is 402 g/mol. The highest BCUT2D eigenvalue weighted by molar-refractivity contribution is 6.47. The lowest BCUT2D eigenvalue weighted by atomic mass is 9.71. The SMILES string of the molecule is CN(C)CC1CCC(CC(=O)N(C)[C@H]2Cc3cccc(C(=O)O)c3OB2O)CC1. The first-order valence-corrected chi connectivity index (χ1v) is 10.4. The van der Waals surface area contributed by atoms with Crippen LogP contribution in [0.25, 0.3) is 0 Å². The van der Waals surface area contributed by atoms with Gasteiger partial charge in [-0.1, -0.05) is 12.1 Å². The van der Waals surface area contributed by atoms with Crippen molar-refractivity contribution in [3.05, 3.63) is 29.3 Å². The number of nitrogens with zero attached hydrogens (tertiary/aromatic N) is 2. The quantitative estimate of drug-likeness (QED) is 0.707. The Morgan fingerprint density at radius 3 is 2.41 bits per heavy atom. The number of carboxylic acid groups (broad SMARTS) is 1. The molecule has 3 rings (SSSR count). The maximum Gasteiger partial charge on any atom is 0.547 e. The zero-order chi connectivity index (χ0) is 21.1. The Morgan fingerprint density at radius 1 is 1.14 bits per heavy atom. The van der Waals surface area contributed by atoms with Crippen molar-refractivity contribution in [1.29, 1.82) is 0 Å². The molecule has 1 aromatic rings. The molecule has 158 valence electrons. The number of rotatable bonds is 6. The number of carboxylic acids is 1. The van der Waals surface area contributed by atoms with Gasteiger partial charge in [-0.25, -0.2) is 4.79 Å². The third-order valence-corrected chi connectivity index (χ3v) is 6.27. The summed E-state index contributed by atoms with van der Waals surface area (Å²) in [6, 6.07) is 4.90. The van der Waals surface area contributed by atoms with E-state index >= 15 is 0 Å². The lowest BCUT2D eigenvalue weighted by Crippen LogP contribution is -2.54. The molecule has 0 aromatic heterocycles. The number of carbonyl (C=O) groups excluding carboxylic acids is 1. The molecule has 1 fully saturated rings. The molecule has 8 heteroatoms. The second-order valence-electron chi connectivity index (χ2n) is 8.74. The van der Waals surface area contributed by atoms with Crippen LogP contribution in [0.15, 0.2) is 18.2 Å². The number of carbonyl (C=O) groups is 2. The summed E-state index contributed by atoms with van der Waals surface area (Å²) in [5.74, 6) is -0.320. The van der Waals surface area contributed by atoms with Crippen molar-refractivity contribution < 1.29 is 24.4 Å². The minimum absolute atomic E-state index is 0.00606. The van der Waals surface area contributed by atoms with Gasteiger partial charge in [0.15, 0.2) is 0 Å². The molecular weight excluding hydrogens is 371 g/mol. The summed E-state index contributed by atoms with van der Waals surface area (Å²) >= 11 is 0. The summed E-state index contributed by atoms with van der Waals surface area (Å²) in [7, 11) is 4.65. The van der Waals surface area contributed by atoms with Gasteiger partial charge in [0, 0.05) is 20.0 Å². The van der Waals surface area contributed by atoms with Crippen molar-refractivity contribution in [2.75, 3.05) is 27.7 Å². The first-order valence-electron chi connectivity index (χ1n) is 10.4. The smallest absolute Gasteiger partial charge is 0.534 e. The molecule has 29 heavy (non-hydrogen) atoms. The highest BCUT2D eigenvalue weighted by Crippen LogP contribution is 2.34. The molecule has 7 nitrogen and oxygen atoms in total. The number of fused-ring (bicyclic) bond motifs is 1. The number of benzene rings is 1. The third-order valence-electron chi connectivity index (χ3n) is 6.27. The van der Waals surface area contributed by atoms with Gasteiger partial charge < -0.3 is 24.6 Å². The maximum absolute atomic E-state index is 12.9. The van der Waals surface area contributed by atoms with Crippen molar-refractivity contribution in [1.82, 2.24) is 9.80 Å². The summed E-state index contributed by atoms with van der Waals surface area (Å²) in [5, 5.41) is 19.8. The summed E-state index contributed by atoms with van der Waals surface area (Å²) in [6.45, 7) is 1.10. The average Bonchev–Trinajstić information content (AvgIpc) is 2.67. The molecular formula is C21H31BN2O5. The topological polar surface area (TPSA) is 90.3 Å². The van der Waals surface area contributed by atoms with Crippen molar-refractivity contribution in [3.63, 3.8) is 0 Å². The van der Waals surface area contributed by atoms with Gasteiger partial charge in [0.05, 0.1) is 11.5 Å². The molecule has 1 heterocycles. The molecule has 0 spiro atoms. The van der Waals surface area contributed by atoms with Gasteiger partial charge in [-0.05, 0) is 69.7 Å². The van der Waals surface area contributed by atoms with E-state index in [0.29, 0.717) is 30.2 Å². The van der Waals surface area contributed by atoms with Crippen molar-refractivity contribution in [3.8, 4) is 5.75 Å². The Labute approximate surface area is 172 Å². The molecule has 1 saturated carbocycles. The first kappa shape index (κ1) is 21.6. The van der Waals surface area contributed by atoms with E-state index < -0.39 is 19.0 Å². The number of aromatic carboxylic acids is 1. The largest absolute Gasteiger partial charge is 0.547 e. The van der Waals surface area contributed by atoms with Gasteiger partial charge in [0.25, 0.3) is 0 Å². The zero-order valence-electron chi connectivity index (χ0n) is 17.5. The van der Waals surface area contributed by atoms with Crippen LogP contribution in [0.2, 0.25) is 0 Å². The highest BCUT2D eigenvalue weighted by Gasteiger charge is 2.41. The summed E-state index contributed by atoms with van der Waals surface area (Å²) in [5.41, 5.74) is 0.729. The molecule has 2 N–H and O–H groups in total. The number of amides is 1. The first-order chi connectivity index (χ1) is 13.8. The number of hydrogen-bond donors (Lipinski definition) is 2. The van der Waals surface area contributed by atoms with Crippen molar-refractivity contribution >= 4 is 19.0 Å². The molecule has 2 aliphatic rings. The van der Waals surface area contributed by atoms with E-state index in [-0.39, 0.29) is 17.2 Å². The van der Waals surface area contributed by atoms with Crippen LogP contribution in [-0.4, -0.2) is 72.6 Å². The van der Waals surface area contributed by atoms with Crippen LogP contribution in [0.3, 0.4) is 0 Å². The predicted octanol–water partition coefficient (Wildman–Crippen LogP) is 1.92. The van der Waals surface area contributed by atoms with E-state index in [1.807, 2.05) is 0 Å². The number of hydrogen-bond acceptors (Lipinski definition) is 5. The van der Waals surface area contributed by atoms with E-state index in [9.17, 15) is 19.7 Å². The second-order valence-corrected chi connectivity index (χ2v) is 8.74. The lowest BCUT2D eigenvalue weighted by Gasteiger charge is -2.36. The predicted molar refractivity (Wildman–Crippen MR) is 111 cm³/mol. The van der Waals surface area contributed by atoms with Gasteiger partial charge >= 0.3 is 13.1 Å². The molecule has 0 bridgehead atoms. The van der Waals surface area contributed by atoms with Crippen molar-refractivity contribution in [2.45, 2.75) is 44.5 Å². The van der Waals surface area contributed by atoms with E-state index in [0.717, 1.165) is 32.2 Å². The molecule has 0 saturated heterocycles. The Balaban J connectivity index is 1.59. The van der Waals surface area contributed by atoms with E-state index in [2.05, 4.69) is 19.0 Å². The van der Waals surface area contributed by atoms with E-state index in [1.165, 1.54) is 6.07 Å². The Kier molecular flexibility index (Phi) is 6.85. The van der Waals surface area contributed by atoms with Crippen LogP contribution in [0, 0.1) is 11.8 Å². The minimum Gasteiger partial charge on any atom is -0.534 e. The van der Waals surface area contributed by atoms with Gasteiger partial charge in [0.2, 0.25) is 5.91 Å². The fourth-order valence-corrected chi connectivity index (χ4v) is 4.62. The third kappa shape index (κ3) is 5.11. The van der Waals surface area contributed by atoms with Gasteiger partial charge in [-0.15, -0.1) is 0 Å². The van der Waals surface area contributed by atoms with Gasteiger partial charge in [0.1, 0.15) is 5.75 Å². The fourth-order valence-electron chi connectivity index (χ4n) is 4.62. The Morgan fingerprint density at radius 2 is 1.79 bits per heavy atom. The molecule has 0 radical (unpaired) electrons. The molecule has 1 atom stereocenters. The van der Waals surface area contributed by atoms with Crippen LogP contribution in [-0.2, 0) is 11.2 Å². The normalized spacial score (nSPS) is 24.0. The lowest BCUT2D eigenvalue weighted by molar-refractivity contribution is -0.132.